The third-order valence-electron chi connectivity index (χ3n) is 1.74. The van der Waals surface area contributed by atoms with Crippen LogP contribution in [0.15, 0.2) is 24.4 Å². The summed E-state index contributed by atoms with van der Waals surface area (Å²) < 4.78 is 0. The standard InChI is InChI=1S/C7H8N2O/c10-7-2-1-5-6(9-7)3-4-8-5/h1-6,8H,(H,9,10). The van der Waals surface area contributed by atoms with E-state index in [4.69, 9.17) is 0 Å². The molecular weight excluding hydrogens is 128 g/mol. The zero-order valence-electron chi connectivity index (χ0n) is 5.37. The molecule has 0 saturated heterocycles. The third-order valence-corrected chi connectivity index (χ3v) is 1.74. The van der Waals surface area contributed by atoms with Crippen LogP contribution in [0, 0.1) is 0 Å². The van der Waals surface area contributed by atoms with Crippen LogP contribution in [0.1, 0.15) is 0 Å². The summed E-state index contributed by atoms with van der Waals surface area (Å²) in [5, 5.41) is 5.90. The van der Waals surface area contributed by atoms with E-state index in [9.17, 15) is 4.79 Å². The van der Waals surface area contributed by atoms with Crippen molar-refractivity contribution in [2.75, 3.05) is 0 Å². The van der Waals surface area contributed by atoms with Gasteiger partial charge in [0.1, 0.15) is 0 Å². The summed E-state index contributed by atoms with van der Waals surface area (Å²) in [6, 6.07) is 0.440. The number of nitrogens with one attached hydrogen (secondary N) is 2. The Kier molecular flexibility index (Phi) is 1.03. The van der Waals surface area contributed by atoms with Crippen molar-refractivity contribution in [1.82, 2.24) is 10.6 Å². The minimum Gasteiger partial charge on any atom is -0.382 e. The maximum Gasteiger partial charge on any atom is 0.244 e. The van der Waals surface area contributed by atoms with E-state index in [0.717, 1.165) is 0 Å². The van der Waals surface area contributed by atoms with Gasteiger partial charge in [0.05, 0.1) is 12.1 Å². The lowest BCUT2D eigenvalue weighted by atomic mass is 10.1. The molecule has 3 nitrogen and oxygen atoms in total. The van der Waals surface area contributed by atoms with Gasteiger partial charge in [-0.2, -0.15) is 0 Å². The summed E-state index contributed by atoms with van der Waals surface area (Å²) >= 11 is 0. The average molecular weight is 136 g/mol. The number of amides is 1. The maximum atomic E-state index is 10.7. The summed E-state index contributed by atoms with van der Waals surface area (Å²) in [6.07, 6.45) is 7.25. The fraction of sp³-hybridized carbons (Fsp3) is 0.286. The largest absolute Gasteiger partial charge is 0.382 e. The second-order valence-electron chi connectivity index (χ2n) is 2.45. The number of hydrogen-bond acceptors (Lipinski definition) is 2. The van der Waals surface area contributed by atoms with Crippen LogP contribution in [0.5, 0.6) is 0 Å². The molecule has 0 radical (unpaired) electrons. The van der Waals surface area contributed by atoms with Gasteiger partial charge in [0.15, 0.2) is 0 Å². The Bertz CT molecular complexity index is 220. The summed E-state index contributed by atoms with van der Waals surface area (Å²) in [4.78, 5) is 10.7. The summed E-state index contributed by atoms with van der Waals surface area (Å²) in [5.74, 6) is -0.00500. The van der Waals surface area contributed by atoms with Gasteiger partial charge in [0.2, 0.25) is 5.91 Å². The first-order valence-corrected chi connectivity index (χ1v) is 3.28. The van der Waals surface area contributed by atoms with Crippen molar-refractivity contribution in [2.24, 2.45) is 0 Å². The molecule has 2 heterocycles. The van der Waals surface area contributed by atoms with Crippen molar-refractivity contribution >= 4 is 5.91 Å². The molecule has 2 N–H and O–H groups in total. The van der Waals surface area contributed by atoms with E-state index >= 15 is 0 Å². The first-order chi connectivity index (χ1) is 4.86. The van der Waals surface area contributed by atoms with Crippen LogP contribution in [-0.2, 0) is 4.79 Å². The molecule has 0 aromatic rings. The summed E-state index contributed by atoms with van der Waals surface area (Å²) in [5.41, 5.74) is 0. The third kappa shape index (κ3) is 0.708. The van der Waals surface area contributed by atoms with Crippen molar-refractivity contribution in [2.45, 2.75) is 12.1 Å². The molecule has 2 atom stereocenters. The van der Waals surface area contributed by atoms with Gasteiger partial charge < -0.3 is 10.6 Å². The quantitative estimate of drug-likeness (QED) is 0.472. The molecule has 1 amide bonds. The molecule has 0 spiro atoms. The number of hydrogen-bond donors (Lipinski definition) is 2. The number of carbonyl (C=O) groups excluding carboxylic acids is 1. The highest BCUT2D eigenvalue weighted by Gasteiger charge is 2.24. The molecule has 0 bridgehead atoms. The van der Waals surface area contributed by atoms with Gasteiger partial charge in [-0.05, 0) is 12.3 Å². The monoisotopic (exact) mass is 136 g/mol. The Morgan fingerprint density at radius 1 is 1.30 bits per heavy atom. The van der Waals surface area contributed by atoms with Crippen molar-refractivity contribution in [3.8, 4) is 0 Å². The molecule has 0 aromatic heterocycles. The van der Waals surface area contributed by atoms with Gasteiger partial charge in [-0.3, -0.25) is 4.79 Å². The first-order valence-electron chi connectivity index (χ1n) is 3.28. The second-order valence-corrected chi connectivity index (χ2v) is 2.45. The molecule has 2 aliphatic rings. The number of carbonyl (C=O) groups is 1. The molecular formula is C7H8N2O. The van der Waals surface area contributed by atoms with E-state index in [1.807, 2.05) is 18.4 Å². The minimum absolute atomic E-state index is 0.00500. The molecule has 0 saturated carbocycles. The molecule has 0 aromatic carbocycles. The van der Waals surface area contributed by atoms with Crippen molar-refractivity contribution < 1.29 is 4.79 Å². The molecule has 2 unspecified atom stereocenters. The second kappa shape index (κ2) is 1.87. The lowest BCUT2D eigenvalue weighted by Gasteiger charge is -2.20. The van der Waals surface area contributed by atoms with Gasteiger partial charge >= 0.3 is 0 Å². The zero-order chi connectivity index (χ0) is 6.97. The molecule has 10 heavy (non-hydrogen) atoms. The van der Waals surface area contributed by atoms with Crippen molar-refractivity contribution in [1.29, 1.82) is 0 Å². The van der Waals surface area contributed by atoms with Gasteiger partial charge in [0, 0.05) is 6.08 Å². The van der Waals surface area contributed by atoms with Crippen molar-refractivity contribution in [3.05, 3.63) is 24.4 Å². The van der Waals surface area contributed by atoms with Crippen molar-refractivity contribution in [3.63, 3.8) is 0 Å². The number of rotatable bonds is 0. The lowest BCUT2D eigenvalue weighted by Crippen LogP contribution is -2.45. The molecule has 0 aliphatic carbocycles. The van der Waals surface area contributed by atoms with Crippen LogP contribution >= 0.6 is 0 Å². The van der Waals surface area contributed by atoms with Gasteiger partial charge in [-0.15, -0.1) is 0 Å². The van der Waals surface area contributed by atoms with Gasteiger partial charge in [-0.1, -0.05) is 6.08 Å². The average Bonchev–Trinajstić information content (AvgIpc) is 2.33. The zero-order valence-corrected chi connectivity index (χ0v) is 5.37. The Hall–Kier alpha value is -1.25. The van der Waals surface area contributed by atoms with Crippen LogP contribution in [0.3, 0.4) is 0 Å². The Morgan fingerprint density at radius 3 is 3.10 bits per heavy atom. The number of fused-ring (bicyclic) bond motifs is 1. The van der Waals surface area contributed by atoms with Crippen LogP contribution in [0.2, 0.25) is 0 Å². The molecule has 2 aliphatic heterocycles. The molecule has 2 rings (SSSR count). The Morgan fingerprint density at radius 2 is 2.20 bits per heavy atom. The molecule has 3 heteroatoms. The summed E-state index contributed by atoms with van der Waals surface area (Å²) in [7, 11) is 0. The van der Waals surface area contributed by atoms with Gasteiger partial charge in [-0.25, -0.2) is 0 Å². The molecule has 52 valence electrons. The fourth-order valence-electron chi connectivity index (χ4n) is 1.21. The SMILES string of the molecule is O=C1C=CC2NC=CC2N1. The molecule has 0 fully saturated rings. The maximum absolute atomic E-state index is 10.7. The van der Waals surface area contributed by atoms with E-state index in [2.05, 4.69) is 10.6 Å². The van der Waals surface area contributed by atoms with E-state index < -0.39 is 0 Å². The highest BCUT2D eigenvalue weighted by atomic mass is 16.1. The smallest absolute Gasteiger partial charge is 0.244 e. The lowest BCUT2D eigenvalue weighted by molar-refractivity contribution is -0.117. The summed E-state index contributed by atoms with van der Waals surface area (Å²) in [6.45, 7) is 0. The van der Waals surface area contributed by atoms with E-state index in [1.54, 1.807) is 6.08 Å². The van der Waals surface area contributed by atoms with E-state index in [-0.39, 0.29) is 18.0 Å². The van der Waals surface area contributed by atoms with E-state index in [1.165, 1.54) is 0 Å². The van der Waals surface area contributed by atoms with Crippen LogP contribution < -0.4 is 10.6 Å². The van der Waals surface area contributed by atoms with Crippen LogP contribution in [0.4, 0.5) is 0 Å². The normalized spacial score (nSPS) is 35.0. The Balaban J connectivity index is 2.22. The highest BCUT2D eigenvalue weighted by molar-refractivity contribution is 5.89. The van der Waals surface area contributed by atoms with Crippen LogP contribution in [-0.4, -0.2) is 18.0 Å². The Labute approximate surface area is 58.8 Å². The van der Waals surface area contributed by atoms with Gasteiger partial charge in [0.25, 0.3) is 0 Å². The topological polar surface area (TPSA) is 41.1 Å². The van der Waals surface area contributed by atoms with Crippen LogP contribution in [0.25, 0.3) is 0 Å². The fourth-order valence-corrected chi connectivity index (χ4v) is 1.21. The minimum atomic E-state index is -0.00500. The predicted octanol–water partition coefficient (Wildman–Crippen LogP) is -0.474. The highest BCUT2D eigenvalue weighted by Crippen LogP contribution is 2.08. The van der Waals surface area contributed by atoms with E-state index in [0.29, 0.717) is 0 Å². The predicted molar refractivity (Wildman–Crippen MR) is 37.1 cm³/mol. The first kappa shape index (κ1) is 5.53.